The van der Waals surface area contributed by atoms with Gasteiger partial charge in [-0.15, -0.1) is 0 Å². The third-order valence-electron chi connectivity index (χ3n) is 18.2. The number of carbonyl (C=O) groups is 1. The van der Waals surface area contributed by atoms with Crippen LogP contribution in [0.2, 0.25) is 0 Å². The van der Waals surface area contributed by atoms with Crippen molar-refractivity contribution in [3.8, 4) is 5.75 Å². The lowest BCUT2D eigenvalue weighted by atomic mass is 9.70. The first-order chi connectivity index (χ1) is 39.7. The van der Waals surface area contributed by atoms with Gasteiger partial charge in [-0.2, -0.15) is 0 Å². The minimum atomic E-state index is -0.318. The Kier molecular flexibility index (Phi) is 34.7. The zero-order valence-corrected chi connectivity index (χ0v) is 71.9. The highest BCUT2D eigenvalue weighted by atomic mass is 31.1. The lowest BCUT2D eigenvalue weighted by molar-refractivity contribution is -0.109. The molecule has 0 bridgehead atoms. The fourth-order valence-corrected chi connectivity index (χ4v) is 36.4. The molecule has 0 spiro atoms. The monoisotopic (exact) mass is 1360 g/mol. The Balaban J connectivity index is 4.54. The maximum atomic E-state index is 10.9. The SMILES string of the molecule is CC(C)(C)P(CN(CCCC(CCCN(CP(C(C)(C)C)C(C)(C)C)CP(C(C)(C)C)C(C)(C)C)(CCCN(CP(C(C)(C)C)C(C)(C)C)CP(C(C)(C)C)C(C)(C)C)c1ccc(OCCCCCCNC=O)cc1)CP(C(C)(C)C)C(C)(C)C)C(C)(C)C. The van der Waals surface area contributed by atoms with Gasteiger partial charge in [0.05, 0.1) is 6.61 Å². The molecule has 0 fully saturated rings. The van der Waals surface area contributed by atoms with E-state index in [1.807, 2.05) is 0 Å². The van der Waals surface area contributed by atoms with Crippen molar-refractivity contribution in [1.82, 2.24) is 20.0 Å². The van der Waals surface area contributed by atoms with Crippen LogP contribution in [0.3, 0.4) is 0 Å². The first-order valence-corrected chi connectivity index (χ1v) is 44.6. The Labute approximate surface area is 566 Å². The number of benzene rings is 1. The van der Waals surface area contributed by atoms with Gasteiger partial charge in [0, 0.05) is 44.3 Å². The number of rotatable bonds is 34. The summed E-state index contributed by atoms with van der Waals surface area (Å²) in [6.07, 6.45) is 19.4. The molecule has 0 saturated heterocycles. The summed E-state index contributed by atoms with van der Waals surface area (Å²) in [6.45, 7) is 96.3. The Bertz CT molecular complexity index is 1760. The average Bonchev–Trinajstić information content (AvgIpc) is 0.896. The second kappa shape index (κ2) is 35.1. The molecule has 6 nitrogen and oxygen atoms in total. The van der Waals surface area contributed by atoms with E-state index in [0.29, 0.717) is 0 Å². The Hall–Kier alpha value is 0.950. The predicted molar refractivity (Wildman–Crippen MR) is 422 cm³/mol. The van der Waals surface area contributed by atoms with Crippen molar-refractivity contribution in [3.63, 3.8) is 0 Å². The second-order valence-electron chi connectivity index (χ2n) is 39.1. The van der Waals surface area contributed by atoms with Crippen LogP contribution in [0.15, 0.2) is 24.3 Å². The average molecular weight is 1360 g/mol. The van der Waals surface area contributed by atoms with E-state index in [1.54, 1.807) is 0 Å². The lowest BCUT2D eigenvalue weighted by Crippen LogP contribution is -2.40. The summed E-state index contributed by atoms with van der Waals surface area (Å²) >= 11 is 0. The molecule has 1 aromatic carbocycles. The fraction of sp³-hybridized carbons (Fsp3) is 0.909. The van der Waals surface area contributed by atoms with Gasteiger partial charge in [0.25, 0.3) is 0 Å². The van der Waals surface area contributed by atoms with Gasteiger partial charge in [-0.1, -0.05) is 322 Å². The largest absolute Gasteiger partial charge is 0.494 e. The number of amides is 1. The first-order valence-electron chi connectivity index (χ1n) is 35.4. The minimum Gasteiger partial charge on any atom is -0.494 e. The Morgan fingerprint density at radius 3 is 0.764 bits per heavy atom. The highest BCUT2D eigenvalue weighted by Crippen LogP contribution is 2.66. The van der Waals surface area contributed by atoms with Crippen LogP contribution in [0.4, 0.5) is 0 Å². The summed E-state index contributed by atoms with van der Waals surface area (Å²) in [4.78, 5) is 20.0. The summed E-state index contributed by atoms with van der Waals surface area (Å²) in [7, 11) is -1.91. The summed E-state index contributed by atoms with van der Waals surface area (Å²) in [5, 5.41) is 5.82. The molecule has 0 heterocycles. The molecule has 0 aliphatic heterocycles. The van der Waals surface area contributed by atoms with Gasteiger partial charge in [-0.25, -0.2) is 0 Å². The quantitative estimate of drug-likeness (QED) is 0.0423. The lowest BCUT2D eigenvalue weighted by Gasteiger charge is -2.48. The number of unbranched alkanes of at least 4 members (excludes halogenated alkanes) is 3. The van der Waals surface area contributed by atoms with Crippen molar-refractivity contribution in [2.45, 2.75) is 381 Å². The van der Waals surface area contributed by atoms with Gasteiger partial charge in [0.1, 0.15) is 5.75 Å². The van der Waals surface area contributed by atoms with Crippen LogP contribution in [0.5, 0.6) is 5.75 Å². The van der Waals surface area contributed by atoms with E-state index in [1.165, 1.54) is 81.8 Å². The molecule has 1 rings (SSSR count). The van der Waals surface area contributed by atoms with Crippen LogP contribution in [-0.4, -0.2) is 153 Å². The van der Waals surface area contributed by atoms with Crippen molar-refractivity contribution < 1.29 is 9.53 Å². The molecule has 1 aromatic rings. The van der Waals surface area contributed by atoms with Gasteiger partial charge >= 0.3 is 0 Å². The molecule has 89 heavy (non-hydrogen) atoms. The van der Waals surface area contributed by atoms with Crippen molar-refractivity contribution >= 4 is 53.9 Å². The Morgan fingerprint density at radius 2 is 0.551 bits per heavy atom. The van der Waals surface area contributed by atoms with Crippen LogP contribution >= 0.6 is 47.5 Å². The zero-order valence-electron chi connectivity index (χ0n) is 66.6. The number of nitrogens with zero attached hydrogens (tertiary/aromatic N) is 3. The molecule has 0 aliphatic rings. The smallest absolute Gasteiger partial charge is 0.207 e. The third-order valence-corrected chi connectivity index (χ3v) is 41.7. The van der Waals surface area contributed by atoms with Crippen molar-refractivity contribution in [3.05, 3.63) is 29.8 Å². The Morgan fingerprint density at radius 1 is 0.326 bits per heavy atom. The first kappa shape index (κ1) is 88.0. The molecule has 12 heteroatoms. The van der Waals surface area contributed by atoms with Gasteiger partial charge in [-0.3, -0.25) is 19.5 Å². The molecule has 526 valence electrons. The molecular formula is C77H156N4O2P6. The van der Waals surface area contributed by atoms with Crippen molar-refractivity contribution in [1.29, 1.82) is 0 Å². The van der Waals surface area contributed by atoms with E-state index in [9.17, 15) is 4.79 Å². The number of nitrogens with one attached hydrogen (secondary N) is 1. The maximum absolute atomic E-state index is 10.9. The zero-order chi connectivity index (χ0) is 69.6. The molecule has 0 aromatic heterocycles. The van der Waals surface area contributed by atoms with Gasteiger partial charge in [0.2, 0.25) is 6.41 Å². The summed E-state index contributed by atoms with van der Waals surface area (Å²) in [5.41, 5.74) is 1.52. The second-order valence-corrected chi connectivity index (χ2v) is 62.0. The normalized spacial score (nSPS) is 14.8. The number of ether oxygens (including phenoxy) is 1. The fourth-order valence-electron chi connectivity index (χ4n) is 14.9. The van der Waals surface area contributed by atoms with Crippen LogP contribution in [-0.2, 0) is 10.2 Å². The highest BCUT2D eigenvalue weighted by molar-refractivity contribution is 7.63. The molecule has 1 amide bonds. The standard InChI is InChI=1S/C77H156N4O2P6/c1-65(2,3)84(66(4,5)6)57-79(58-85(67(7,8)9)68(10,11)12)52-41-48-77(63-44-46-64(47-45-63)83-55-40-38-37-39-51-78-56-82,49-42-53-80(59-86(69(13,14)15)70(16,17)18)60-87(71(19,20)21)72(22,23)24)50-43-54-81(61-88(73(25,26)27)74(28,29)30)62-89(75(31,32)33)76(34,35)36/h44-47,56H,37-43,48-55,57-62H2,1-36H3,(H,78,82). The molecule has 0 radical (unpaired) electrons. The molecular weight excluding hydrogens is 1200 g/mol. The van der Waals surface area contributed by atoms with E-state index in [-0.39, 0.29) is 115 Å². The van der Waals surface area contributed by atoms with Crippen LogP contribution < -0.4 is 10.1 Å². The number of carbonyl (C=O) groups excluding carboxylic acids is 1. The third kappa shape index (κ3) is 32.5. The predicted octanol–water partition coefficient (Wildman–Crippen LogP) is 25.1. The van der Waals surface area contributed by atoms with E-state index in [4.69, 9.17) is 4.74 Å². The number of hydrogen-bond acceptors (Lipinski definition) is 5. The van der Waals surface area contributed by atoms with E-state index in [0.717, 1.165) is 70.6 Å². The summed E-state index contributed by atoms with van der Waals surface area (Å²) < 4.78 is 6.61. The van der Waals surface area contributed by atoms with Crippen LogP contribution in [0, 0.1) is 0 Å². The molecule has 0 unspecified atom stereocenters. The molecule has 0 atom stereocenters. The minimum absolute atomic E-state index is 0.0101. The van der Waals surface area contributed by atoms with E-state index < -0.39 is 0 Å². The maximum Gasteiger partial charge on any atom is 0.207 e. The topological polar surface area (TPSA) is 48.1 Å². The van der Waals surface area contributed by atoms with Gasteiger partial charge in [-0.05, 0) is 156 Å². The van der Waals surface area contributed by atoms with Gasteiger partial charge in [0.15, 0.2) is 0 Å². The molecule has 0 aliphatic carbocycles. The van der Waals surface area contributed by atoms with Crippen molar-refractivity contribution in [2.24, 2.45) is 0 Å². The van der Waals surface area contributed by atoms with Crippen LogP contribution in [0.25, 0.3) is 0 Å². The van der Waals surface area contributed by atoms with Crippen molar-refractivity contribution in [2.75, 3.05) is 70.5 Å². The number of hydrogen-bond donors (Lipinski definition) is 1. The van der Waals surface area contributed by atoms with Crippen LogP contribution in [0.1, 0.15) is 319 Å². The van der Waals surface area contributed by atoms with E-state index in [2.05, 4.69) is 294 Å². The molecule has 0 saturated carbocycles. The summed E-state index contributed by atoms with van der Waals surface area (Å²) in [6, 6.07) is 9.78. The van der Waals surface area contributed by atoms with E-state index >= 15 is 0 Å². The highest BCUT2D eigenvalue weighted by Gasteiger charge is 2.44. The molecule has 1 N–H and O–H groups in total. The summed E-state index contributed by atoms with van der Waals surface area (Å²) in [5.74, 6) is 0.995. The van der Waals surface area contributed by atoms with Gasteiger partial charge < -0.3 is 10.1 Å².